The number of rotatable bonds is 7. The van der Waals surface area contributed by atoms with Gasteiger partial charge in [0.15, 0.2) is 0 Å². The minimum absolute atomic E-state index is 0.347. The van der Waals surface area contributed by atoms with Crippen LogP contribution in [0.2, 0.25) is 0 Å². The van der Waals surface area contributed by atoms with E-state index in [4.69, 9.17) is 19.5 Å². The number of ether oxygens (including phenoxy) is 1. The minimum atomic E-state index is -3.59. The molecule has 0 saturated heterocycles. The SMILES string of the molecule is COc1ccc(C(N)C(C(C)=O)P(=O)(OC)OC)cc1. The van der Waals surface area contributed by atoms with Crippen LogP contribution in [0.25, 0.3) is 0 Å². The summed E-state index contributed by atoms with van der Waals surface area (Å²) < 4.78 is 27.3. The number of methoxy groups -OCH3 is 1. The maximum absolute atomic E-state index is 12.5. The molecule has 6 nitrogen and oxygen atoms in total. The third-order valence-corrected chi connectivity index (χ3v) is 5.49. The van der Waals surface area contributed by atoms with Crippen LogP contribution in [0, 0.1) is 0 Å². The fraction of sp³-hybridized carbons (Fsp3) is 0.462. The van der Waals surface area contributed by atoms with E-state index in [2.05, 4.69) is 0 Å². The lowest BCUT2D eigenvalue weighted by molar-refractivity contribution is -0.117. The number of hydrogen-bond acceptors (Lipinski definition) is 6. The maximum atomic E-state index is 12.5. The summed E-state index contributed by atoms with van der Waals surface area (Å²) in [7, 11) is 0.433. The molecule has 2 N–H and O–H groups in total. The molecule has 2 atom stereocenters. The van der Waals surface area contributed by atoms with Crippen molar-refractivity contribution in [2.45, 2.75) is 18.6 Å². The van der Waals surface area contributed by atoms with Crippen molar-refractivity contribution in [3.05, 3.63) is 29.8 Å². The first-order valence-corrected chi connectivity index (χ1v) is 7.62. The Hall–Kier alpha value is -1.20. The molecule has 0 radical (unpaired) electrons. The van der Waals surface area contributed by atoms with Gasteiger partial charge in [-0.1, -0.05) is 12.1 Å². The number of ketones is 1. The highest BCUT2D eigenvalue weighted by Gasteiger charge is 2.42. The van der Waals surface area contributed by atoms with E-state index in [1.165, 1.54) is 21.1 Å². The van der Waals surface area contributed by atoms with Crippen molar-refractivity contribution in [3.8, 4) is 5.75 Å². The number of carbonyl (C=O) groups excluding carboxylic acids is 1. The second-order valence-corrected chi connectivity index (χ2v) is 6.63. The predicted molar refractivity (Wildman–Crippen MR) is 76.0 cm³/mol. The summed E-state index contributed by atoms with van der Waals surface area (Å²) in [5.74, 6) is 0.322. The Morgan fingerprint density at radius 1 is 1.15 bits per heavy atom. The van der Waals surface area contributed by atoms with Crippen LogP contribution in [0.5, 0.6) is 5.75 Å². The first-order valence-electron chi connectivity index (χ1n) is 6.00. The summed E-state index contributed by atoms with van der Waals surface area (Å²) in [5, 5.41) is 0. The van der Waals surface area contributed by atoms with Gasteiger partial charge >= 0.3 is 7.60 Å². The molecule has 1 aromatic rings. The molecule has 0 heterocycles. The molecule has 2 unspecified atom stereocenters. The molecule has 20 heavy (non-hydrogen) atoms. The third kappa shape index (κ3) is 3.46. The van der Waals surface area contributed by atoms with Gasteiger partial charge < -0.3 is 19.5 Å². The van der Waals surface area contributed by atoms with E-state index in [0.29, 0.717) is 11.3 Å². The summed E-state index contributed by atoms with van der Waals surface area (Å²) >= 11 is 0. The topological polar surface area (TPSA) is 87.9 Å². The normalized spacial score (nSPS) is 14.7. The molecule has 0 fully saturated rings. The molecule has 0 aromatic heterocycles. The van der Waals surface area contributed by atoms with Crippen molar-refractivity contribution in [2.75, 3.05) is 21.3 Å². The van der Waals surface area contributed by atoms with E-state index in [1.54, 1.807) is 31.4 Å². The van der Waals surface area contributed by atoms with Crippen molar-refractivity contribution < 1.29 is 23.1 Å². The van der Waals surface area contributed by atoms with Gasteiger partial charge in [-0.05, 0) is 24.6 Å². The summed E-state index contributed by atoms with van der Waals surface area (Å²) in [6.07, 6.45) is 0. The quantitative estimate of drug-likeness (QED) is 0.776. The average molecular weight is 301 g/mol. The van der Waals surface area contributed by atoms with Crippen molar-refractivity contribution in [1.29, 1.82) is 0 Å². The highest BCUT2D eigenvalue weighted by atomic mass is 31.2. The molecular weight excluding hydrogens is 281 g/mol. The molecule has 0 spiro atoms. The lowest BCUT2D eigenvalue weighted by atomic mass is 10.0. The summed E-state index contributed by atoms with van der Waals surface area (Å²) in [6, 6.07) is 6.09. The van der Waals surface area contributed by atoms with Gasteiger partial charge in [0.2, 0.25) is 0 Å². The monoisotopic (exact) mass is 301 g/mol. The van der Waals surface area contributed by atoms with E-state index in [9.17, 15) is 9.36 Å². The molecule has 112 valence electrons. The van der Waals surface area contributed by atoms with Crippen LogP contribution in [0.4, 0.5) is 0 Å². The number of Topliss-reactive ketones (excluding diaryl/α,β-unsaturated/α-hetero) is 1. The largest absolute Gasteiger partial charge is 0.497 e. The van der Waals surface area contributed by atoms with Gasteiger partial charge in [0.1, 0.15) is 17.2 Å². The number of carbonyl (C=O) groups is 1. The van der Waals surface area contributed by atoms with Gasteiger partial charge in [-0.2, -0.15) is 0 Å². The molecule has 0 bridgehead atoms. The van der Waals surface area contributed by atoms with Crippen LogP contribution in [-0.4, -0.2) is 32.8 Å². The molecule has 1 aromatic carbocycles. The fourth-order valence-corrected chi connectivity index (χ4v) is 3.60. The fourth-order valence-electron chi connectivity index (χ4n) is 1.98. The first-order chi connectivity index (χ1) is 9.39. The minimum Gasteiger partial charge on any atom is -0.497 e. The van der Waals surface area contributed by atoms with Crippen LogP contribution in [-0.2, 0) is 18.4 Å². The van der Waals surface area contributed by atoms with E-state index < -0.39 is 19.3 Å². The molecule has 0 aliphatic heterocycles. The lowest BCUT2D eigenvalue weighted by Crippen LogP contribution is -2.33. The summed E-state index contributed by atoms with van der Waals surface area (Å²) in [6.45, 7) is 1.32. The van der Waals surface area contributed by atoms with Crippen LogP contribution < -0.4 is 10.5 Å². The van der Waals surface area contributed by atoms with Crippen LogP contribution >= 0.6 is 7.60 Å². The molecule has 0 amide bonds. The van der Waals surface area contributed by atoms with Gasteiger partial charge in [0, 0.05) is 14.2 Å². The second kappa shape index (κ2) is 6.99. The molecule has 1 rings (SSSR count). The number of benzene rings is 1. The third-order valence-electron chi connectivity index (χ3n) is 3.11. The Morgan fingerprint density at radius 2 is 1.65 bits per heavy atom. The van der Waals surface area contributed by atoms with Crippen LogP contribution in [0.15, 0.2) is 24.3 Å². The Balaban J connectivity index is 3.14. The van der Waals surface area contributed by atoms with Crippen molar-refractivity contribution in [2.24, 2.45) is 5.73 Å². The van der Waals surface area contributed by atoms with E-state index in [0.717, 1.165) is 0 Å². The first kappa shape index (κ1) is 16.9. The summed E-state index contributed by atoms with van der Waals surface area (Å²) in [5.41, 5.74) is 5.68. The summed E-state index contributed by atoms with van der Waals surface area (Å²) in [4.78, 5) is 11.8. The second-order valence-electron chi connectivity index (χ2n) is 4.26. The zero-order chi connectivity index (χ0) is 15.3. The smallest absolute Gasteiger partial charge is 0.342 e. The van der Waals surface area contributed by atoms with Gasteiger partial charge in [0.05, 0.1) is 13.2 Å². The van der Waals surface area contributed by atoms with E-state index in [-0.39, 0.29) is 5.78 Å². The number of nitrogens with two attached hydrogens (primary N) is 1. The van der Waals surface area contributed by atoms with Crippen LogP contribution in [0.3, 0.4) is 0 Å². The van der Waals surface area contributed by atoms with E-state index >= 15 is 0 Å². The molecule has 0 aliphatic carbocycles. The van der Waals surface area contributed by atoms with Crippen molar-refractivity contribution >= 4 is 13.4 Å². The van der Waals surface area contributed by atoms with Crippen molar-refractivity contribution in [3.63, 3.8) is 0 Å². The average Bonchev–Trinajstić information content (AvgIpc) is 2.46. The van der Waals surface area contributed by atoms with Crippen LogP contribution in [0.1, 0.15) is 18.5 Å². The van der Waals surface area contributed by atoms with Gasteiger partial charge in [0.25, 0.3) is 0 Å². The zero-order valence-electron chi connectivity index (χ0n) is 12.0. The zero-order valence-corrected chi connectivity index (χ0v) is 12.9. The standard InChI is InChI=1S/C13H20NO5P/c1-9(15)13(20(16,18-3)19-4)12(14)10-5-7-11(17-2)8-6-10/h5-8,12-13H,14H2,1-4H3. The lowest BCUT2D eigenvalue weighted by Gasteiger charge is -2.27. The molecule has 7 heteroatoms. The maximum Gasteiger partial charge on any atom is 0.342 e. The Morgan fingerprint density at radius 3 is 2.00 bits per heavy atom. The highest BCUT2D eigenvalue weighted by Crippen LogP contribution is 2.55. The Labute approximate surface area is 118 Å². The highest BCUT2D eigenvalue weighted by molar-refractivity contribution is 7.55. The Bertz CT molecular complexity index is 494. The molecule has 0 aliphatic rings. The predicted octanol–water partition coefficient (Wildman–Crippen LogP) is 2.14. The van der Waals surface area contributed by atoms with Gasteiger partial charge in [-0.15, -0.1) is 0 Å². The molecular formula is C13H20NO5P. The molecule has 0 saturated carbocycles. The van der Waals surface area contributed by atoms with Gasteiger partial charge in [-0.3, -0.25) is 9.36 Å². The van der Waals surface area contributed by atoms with Gasteiger partial charge in [-0.25, -0.2) is 0 Å². The van der Waals surface area contributed by atoms with Crippen molar-refractivity contribution in [1.82, 2.24) is 0 Å². The van der Waals surface area contributed by atoms with E-state index in [1.807, 2.05) is 0 Å². The number of hydrogen-bond donors (Lipinski definition) is 1. The Kier molecular flexibility index (Phi) is 5.89.